The number of hydrogen-bond donors (Lipinski definition) is 0. The van der Waals surface area contributed by atoms with Crippen LogP contribution in [0.5, 0.6) is 0 Å². The fourth-order valence-corrected chi connectivity index (χ4v) is 0.790. The monoisotopic (exact) mass is 257 g/mol. The predicted molar refractivity (Wildman–Crippen MR) is 32.8 cm³/mol. The molecule has 0 aromatic carbocycles. The summed E-state index contributed by atoms with van der Waals surface area (Å²) >= 11 is 0. The van der Waals surface area contributed by atoms with E-state index >= 15 is 0 Å². The van der Waals surface area contributed by atoms with Crippen LogP contribution in [0, 0.1) is 23.5 Å². The standard InChI is InChI=1S/C5BF7N.K/c7-2-1(6(11,12)13)3(8)5(10)14-4(2)9;/q-1;+1. The minimum atomic E-state index is -6.16. The molecule has 0 spiro atoms. The molecule has 1 nitrogen and oxygen atoms in total. The third-order valence-corrected chi connectivity index (χ3v) is 1.36. The summed E-state index contributed by atoms with van der Waals surface area (Å²) in [6.07, 6.45) is 0. The molecule has 0 saturated carbocycles. The van der Waals surface area contributed by atoms with Gasteiger partial charge in [0.05, 0.1) is 0 Å². The van der Waals surface area contributed by atoms with E-state index in [1.807, 2.05) is 4.98 Å². The van der Waals surface area contributed by atoms with Gasteiger partial charge in [-0.05, 0) is 5.46 Å². The average molecular weight is 257 g/mol. The minimum Gasteiger partial charge on any atom is -0.445 e. The van der Waals surface area contributed by atoms with Gasteiger partial charge in [-0.1, -0.05) is 0 Å². The molecule has 1 rings (SSSR count). The molecule has 0 fully saturated rings. The topological polar surface area (TPSA) is 12.9 Å². The second kappa shape index (κ2) is 5.13. The first kappa shape index (κ1) is 15.4. The summed E-state index contributed by atoms with van der Waals surface area (Å²) < 4.78 is 84.8. The number of hydrogen-bond acceptors (Lipinski definition) is 1. The molecule has 0 aliphatic heterocycles. The van der Waals surface area contributed by atoms with Crippen molar-refractivity contribution in [3.05, 3.63) is 23.5 Å². The molecule has 1 aromatic rings. The van der Waals surface area contributed by atoms with E-state index in [4.69, 9.17) is 0 Å². The molecule has 1 aromatic heterocycles. The number of nitrogens with zero attached hydrogens (tertiary/aromatic N) is 1. The van der Waals surface area contributed by atoms with E-state index in [1.54, 1.807) is 0 Å². The van der Waals surface area contributed by atoms with Crippen molar-refractivity contribution in [2.75, 3.05) is 0 Å². The van der Waals surface area contributed by atoms with E-state index in [0.29, 0.717) is 0 Å². The third kappa shape index (κ3) is 3.16. The van der Waals surface area contributed by atoms with Crippen molar-refractivity contribution in [2.24, 2.45) is 0 Å². The first-order valence-corrected chi connectivity index (χ1v) is 3.15. The summed E-state index contributed by atoms with van der Waals surface area (Å²) in [6.45, 7) is -6.16. The molecule has 78 valence electrons. The molecule has 0 radical (unpaired) electrons. The van der Waals surface area contributed by atoms with Gasteiger partial charge in [-0.3, -0.25) is 0 Å². The van der Waals surface area contributed by atoms with Crippen LogP contribution in [0.1, 0.15) is 0 Å². The maximum atomic E-state index is 12.4. The summed E-state index contributed by atoms with van der Waals surface area (Å²) in [5.41, 5.74) is -2.56. The zero-order valence-corrected chi connectivity index (χ0v) is 10.3. The number of rotatable bonds is 1. The third-order valence-electron chi connectivity index (χ3n) is 1.36. The van der Waals surface area contributed by atoms with Crippen LogP contribution in [0.15, 0.2) is 0 Å². The Kier molecular flexibility index (Phi) is 5.25. The van der Waals surface area contributed by atoms with Crippen LogP contribution in [0.25, 0.3) is 0 Å². The average Bonchev–Trinajstić information content (AvgIpc) is 1.98. The van der Waals surface area contributed by atoms with Crippen LogP contribution in [-0.4, -0.2) is 12.0 Å². The summed E-state index contributed by atoms with van der Waals surface area (Å²) in [6, 6.07) is 0. The van der Waals surface area contributed by atoms with Gasteiger partial charge in [0.15, 0.2) is 11.6 Å². The van der Waals surface area contributed by atoms with Crippen LogP contribution >= 0.6 is 0 Å². The number of aromatic nitrogens is 1. The largest absolute Gasteiger partial charge is 1.00 e. The molecule has 15 heavy (non-hydrogen) atoms. The Morgan fingerprint density at radius 2 is 1.13 bits per heavy atom. The van der Waals surface area contributed by atoms with Crippen LogP contribution in [0.3, 0.4) is 0 Å². The molecule has 0 unspecified atom stereocenters. The first-order chi connectivity index (χ1) is 6.25. The first-order valence-electron chi connectivity index (χ1n) is 3.15. The molecule has 0 saturated heterocycles. The molecular weight excluding hydrogens is 257 g/mol. The number of halogens is 7. The second-order valence-corrected chi connectivity index (χ2v) is 2.31. The van der Waals surface area contributed by atoms with Gasteiger partial charge < -0.3 is 12.9 Å². The molecule has 10 heteroatoms. The maximum absolute atomic E-state index is 12.4. The predicted octanol–water partition coefficient (Wildman–Crippen LogP) is -1.30. The van der Waals surface area contributed by atoms with Crippen LogP contribution in [0.2, 0.25) is 0 Å². The molecule has 1 heterocycles. The number of pyridine rings is 1. The van der Waals surface area contributed by atoms with E-state index in [-0.39, 0.29) is 51.4 Å². The zero-order valence-electron chi connectivity index (χ0n) is 7.17. The van der Waals surface area contributed by atoms with Crippen molar-refractivity contribution in [2.45, 2.75) is 0 Å². The van der Waals surface area contributed by atoms with Crippen molar-refractivity contribution in [1.29, 1.82) is 0 Å². The summed E-state index contributed by atoms with van der Waals surface area (Å²) in [5.74, 6) is -9.70. The maximum Gasteiger partial charge on any atom is 1.00 e. The van der Waals surface area contributed by atoms with Crippen LogP contribution in [0.4, 0.5) is 30.5 Å². The second-order valence-electron chi connectivity index (χ2n) is 2.31. The fourth-order valence-electron chi connectivity index (χ4n) is 0.790. The van der Waals surface area contributed by atoms with Gasteiger partial charge in [0.1, 0.15) is 0 Å². The van der Waals surface area contributed by atoms with Gasteiger partial charge in [0, 0.05) is 0 Å². The van der Waals surface area contributed by atoms with E-state index in [1.165, 1.54) is 0 Å². The van der Waals surface area contributed by atoms with Crippen molar-refractivity contribution in [1.82, 2.24) is 4.98 Å². The van der Waals surface area contributed by atoms with E-state index < -0.39 is 36.0 Å². The van der Waals surface area contributed by atoms with Crippen molar-refractivity contribution >= 4 is 12.4 Å². The van der Waals surface area contributed by atoms with E-state index in [0.717, 1.165) is 0 Å². The molecule has 0 bridgehead atoms. The van der Waals surface area contributed by atoms with Crippen LogP contribution < -0.4 is 56.8 Å². The Bertz CT molecular complexity index is 352. The van der Waals surface area contributed by atoms with E-state index in [2.05, 4.69) is 0 Å². The smallest absolute Gasteiger partial charge is 0.445 e. The van der Waals surface area contributed by atoms with Gasteiger partial charge in [-0.15, -0.1) is 0 Å². The van der Waals surface area contributed by atoms with E-state index in [9.17, 15) is 30.5 Å². The van der Waals surface area contributed by atoms with Gasteiger partial charge in [0.2, 0.25) is 11.9 Å². The van der Waals surface area contributed by atoms with Gasteiger partial charge >= 0.3 is 58.4 Å². The molecule has 0 amide bonds. The molecule has 0 N–H and O–H groups in total. The summed E-state index contributed by atoms with van der Waals surface area (Å²) in [4.78, 5) is 1.97. The van der Waals surface area contributed by atoms with Crippen molar-refractivity contribution < 1.29 is 81.9 Å². The Morgan fingerprint density at radius 3 is 1.40 bits per heavy atom. The Balaban J connectivity index is 0.00000196. The summed E-state index contributed by atoms with van der Waals surface area (Å²) in [5, 5.41) is 0. The van der Waals surface area contributed by atoms with Gasteiger partial charge in [0.25, 0.3) is 0 Å². The van der Waals surface area contributed by atoms with Crippen molar-refractivity contribution in [3.63, 3.8) is 0 Å². The molecule has 0 aliphatic carbocycles. The Morgan fingerprint density at radius 1 is 0.800 bits per heavy atom. The van der Waals surface area contributed by atoms with Gasteiger partial charge in [-0.2, -0.15) is 13.8 Å². The molecule has 0 atom stereocenters. The van der Waals surface area contributed by atoms with Crippen molar-refractivity contribution in [3.8, 4) is 0 Å². The SMILES string of the molecule is Fc1nc(F)c(F)c([B-](F)(F)F)c1F.[K+]. The summed E-state index contributed by atoms with van der Waals surface area (Å²) in [7, 11) is 0. The normalized spacial score (nSPS) is 11.1. The molecule has 0 aliphatic rings. The fraction of sp³-hybridized carbons (Fsp3) is 0. The van der Waals surface area contributed by atoms with Gasteiger partial charge in [-0.25, -0.2) is 8.78 Å². The Labute approximate surface area is 122 Å². The zero-order chi connectivity index (χ0) is 11.1. The molecular formula is C5BF7KN. The Hall–Kier alpha value is 0.361. The minimum absolute atomic E-state index is 0. The quantitative estimate of drug-likeness (QED) is 0.346. The van der Waals surface area contributed by atoms with Crippen LogP contribution in [-0.2, 0) is 0 Å².